The predicted octanol–water partition coefficient (Wildman–Crippen LogP) is 1.84. The van der Waals surface area contributed by atoms with Gasteiger partial charge >= 0.3 is 0 Å². The minimum absolute atomic E-state index is 0.302. The number of anilines is 1. The molecule has 1 heterocycles. The zero-order valence-corrected chi connectivity index (χ0v) is 10.2. The van der Waals surface area contributed by atoms with Gasteiger partial charge in [-0.05, 0) is 38.7 Å². The van der Waals surface area contributed by atoms with Crippen molar-refractivity contribution in [1.82, 2.24) is 4.90 Å². The summed E-state index contributed by atoms with van der Waals surface area (Å²) >= 11 is 0. The lowest BCUT2D eigenvalue weighted by atomic mass is 10.2. The quantitative estimate of drug-likeness (QED) is 0.780. The molecular weight excluding hydrogens is 217 g/mol. The average molecular weight is 233 g/mol. The highest BCUT2D eigenvalue weighted by Crippen LogP contribution is 2.25. The number of benzene rings is 1. The Hall–Kier alpha value is -1.60. The third-order valence-electron chi connectivity index (χ3n) is 3.31. The first kappa shape index (κ1) is 11.9. The van der Waals surface area contributed by atoms with Crippen LogP contribution in [0.25, 0.3) is 0 Å². The molecule has 17 heavy (non-hydrogen) atoms. The molecule has 0 aliphatic carbocycles. The standard InChI is InChI=1S/C13H16FN3/c1-16(2)11-5-6-17(9-11)13-4-3-10(8-15)7-12(13)14/h3-4,7,11H,5-6,9H2,1-2H3. The van der Waals surface area contributed by atoms with Crippen LogP contribution in [0, 0.1) is 17.1 Å². The average Bonchev–Trinajstić information content (AvgIpc) is 2.78. The van der Waals surface area contributed by atoms with Gasteiger partial charge in [-0.15, -0.1) is 0 Å². The normalized spacial score (nSPS) is 19.7. The molecule has 1 fully saturated rings. The van der Waals surface area contributed by atoms with Crippen LogP contribution >= 0.6 is 0 Å². The van der Waals surface area contributed by atoms with Crippen molar-refractivity contribution in [3.8, 4) is 6.07 Å². The van der Waals surface area contributed by atoms with Gasteiger partial charge in [0.2, 0.25) is 0 Å². The molecule has 1 unspecified atom stereocenters. The van der Waals surface area contributed by atoms with E-state index in [0.29, 0.717) is 17.3 Å². The first-order valence-corrected chi connectivity index (χ1v) is 5.73. The molecule has 0 radical (unpaired) electrons. The lowest BCUT2D eigenvalue weighted by molar-refractivity contribution is 0.315. The van der Waals surface area contributed by atoms with Crippen molar-refractivity contribution in [2.45, 2.75) is 12.5 Å². The van der Waals surface area contributed by atoms with Gasteiger partial charge in [-0.25, -0.2) is 4.39 Å². The van der Waals surface area contributed by atoms with Crippen LogP contribution in [0.5, 0.6) is 0 Å². The van der Waals surface area contributed by atoms with Gasteiger partial charge in [0.25, 0.3) is 0 Å². The van der Waals surface area contributed by atoms with E-state index in [-0.39, 0.29) is 5.82 Å². The maximum Gasteiger partial charge on any atom is 0.147 e. The molecule has 0 N–H and O–H groups in total. The van der Waals surface area contributed by atoms with E-state index in [1.54, 1.807) is 12.1 Å². The van der Waals surface area contributed by atoms with Crippen LogP contribution in [0.4, 0.5) is 10.1 Å². The summed E-state index contributed by atoms with van der Waals surface area (Å²) in [7, 11) is 4.09. The van der Waals surface area contributed by atoms with E-state index in [2.05, 4.69) is 4.90 Å². The number of hydrogen-bond acceptors (Lipinski definition) is 3. The smallest absolute Gasteiger partial charge is 0.147 e. The molecule has 4 heteroatoms. The molecular formula is C13H16FN3. The molecule has 0 bridgehead atoms. The Balaban J connectivity index is 2.17. The lowest BCUT2D eigenvalue weighted by Crippen LogP contribution is -2.31. The molecule has 2 rings (SSSR count). The number of hydrogen-bond donors (Lipinski definition) is 0. The molecule has 1 aliphatic rings. The van der Waals surface area contributed by atoms with Gasteiger partial charge in [0.05, 0.1) is 17.3 Å². The Kier molecular flexibility index (Phi) is 3.30. The third-order valence-corrected chi connectivity index (χ3v) is 3.31. The van der Waals surface area contributed by atoms with E-state index in [4.69, 9.17) is 5.26 Å². The van der Waals surface area contributed by atoms with Gasteiger partial charge in [-0.1, -0.05) is 0 Å². The molecule has 1 saturated heterocycles. The van der Waals surface area contributed by atoms with Crippen molar-refractivity contribution < 1.29 is 4.39 Å². The molecule has 1 aromatic rings. The summed E-state index contributed by atoms with van der Waals surface area (Å²) in [4.78, 5) is 4.21. The lowest BCUT2D eigenvalue weighted by Gasteiger charge is -2.22. The second kappa shape index (κ2) is 4.72. The molecule has 0 amide bonds. The van der Waals surface area contributed by atoms with Crippen molar-refractivity contribution >= 4 is 5.69 Å². The van der Waals surface area contributed by atoms with Crippen LogP contribution in [0.15, 0.2) is 18.2 Å². The van der Waals surface area contributed by atoms with Crippen LogP contribution in [0.2, 0.25) is 0 Å². The highest BCUT2D eigenvalue weighted by Gasteiger charge is 2.25. The second-order valence-electron chi connectivity index (χ2n) is 4.63. The van der Waals surface area contributed by atoms with Gasteiger partial charge in [0.1, 0.15) is 5.82 Å². The Morgan fingerprint density at radius 3 is 2.76 bits per heavy atom. The Morgan fingerprint density at radius 2 is 2.24 bits per heavy atom. The fourth-order valence-electron chi connectivity index (χ4n) is 2.22. The molecule has 3 nitrogen and oxygen atoms in total. The Bertz CT molecular complexity index is 450. The Labute approximate surface area is 101 Å². The molecule has 0 aromatic heterocycles. The van der Waals surface area contributed by atoms with Gasteiger partial charge < -0.3 is 9.80 Å². The van der Waals surface area contributed by atoms with E-state index >= 15 is 0 Å². The van der Waals surface area contributed by atoms with E-state index in [1.165, 1.54) is 6.07 Å². The number of nitriles is 1. The molecule has 0 spiro atoms. The van der Waals surface area contributed by atoms with Crippen molar-refractivity contribution in [3.63, 3.8) is 0 Å². The zero-order valence-electron chi connectivity index (χ0n) is 10.2. The number of likely N-dealkylation sites (N-methyl/N-ethyl adjacent to an activating group) is 1. The summed E-state index contributed by atoms with van der Waals surface area (Å²) in [6, 6.07) is 7.10. The number of halogens is 1. The second-order valence-corrected chi connectivity index (χ2v) is 4.63. The van der Waals surface area contributed by atoms with Gasteiger partial charge in [-0.3, -0.25) is 0 Å². The summed E-state index contributed by atoms with van der Waals surface area (Å²) in [5.74, 6) is -0.302. The monoisotopic (exact) mass is 233 g/mol. The van der Waals surface area contributed by atoms with E-state index in [0.717, 1.165) is 19.5 Å². The number of rotatable bonds is 2. The highest BCUT2D eigenvalue weighted by molar-refractivity contribution is 5.52. The van der Waals surface area contributed by atoms with Crippen LogP contribution in [0.1, 0.15) is 12.0 Å². The largest absolute Gasteiger partial charge is 0.368 e. The summed E-state index contributed by atoms with van der Waals surface area (Å²) in [5.41, 5.74) is 0.975. The molecule has 0 saturated carbocycles. The summed E-state index contributed by atoms with van der Waals surface area (Å²) in [5, 5.41) is 8.70. The van der Waals surface area contributed by atoms with Crippen molar-refractivity contribution in [2.24, 2.45) is 0 Å². The highest BCUT2D eigenvalue weighted by atomic mass is 19.1. The first-order valence-electron chi connectivity index (χ1n) is 5.73. The summed E-state index contributed by atoms with van der Waals surface area (Å²) in [6.07, 6.45) is 1.05. The first-order chi connectivity index (χ1) is 8.11. The molecule has 1 atom stereocenters. The fourth-order valence-corrected chi connectivity index (χ4v) is 2.22. The minimum Gasteiger partial charge on any atom is -0.368 e. The van der Waals surface area contributed by atoms with Gasteiger partial charge in [0, 0.05) is 19.1 Å². The van der Waals surface area contributed by atoms with Gasteiger partial charge in [-0.2, -0.15) is 5.26 Å². The van der Waals surface area contributed by atoms with Gasteiger partial charge in [0.15, 0.2) is 0 Å². The van der Waals surface area contributed by atoms with E-state index < -0.39 is 0 Å². The van der Waals surface area contributed by atoms with Crippen molar-refractivity contribution in [1.29, 1.82) is 5.26 Å². The van der Waals surface area contributed by atoms with Crippen molar-refractivity contribution in [2.75, 3.05) is 32.1 Å². The van der Waals surface area contributed by atoms with E-state index in [9.17, 15) is 4.39 Å². The summed E-state index contributed by atoms with van der Waals surface area (Å²) in [6.45, 7) is 1.71. The fraction of sp³-hybridized carbons (Fsp3) is 0.462. The van der Waals surface area contributed by atoms with Crippen molar-refractivity contribution in [3.05, 3.63) is 29.6 Å². The maximum absolute atomic E-state index is 13.8. The molecule has 1 aromatic carbocycles. The molecule has 1 aliphatic heterocycles. The Morgan fingerprint density at radius 1 is 1.47 bits per heavy atom. The van der Waals surface area contributed by atoms with Crippen LogP contribution < -0.4 is 4.90 Å². The SMILES string of the molecule is CN(C)C1CCN(c2ccc(C#N)cc2F)C1. The third kappa shape index (κ3) is 2.40. The zero-order chi connectivity index (χ0) is 12.4. The molecule has 90 valence electrons. The van der Waals surface area contributed by atoms with Crippen LogP contribution in [-0.4, -0.2) is 38.1 Å². The predicted molar refractivity (Wildman–Crippen MR) is 65.4 cm³/mol. The number of nitrogens with zero attached hydrogens (tertiary/aromatic N) is 3. The topological polar surface area (TPSA) is 30.3 Å². The van der Waals surface area contributed by atoms with Crippen LogP contribution in [0.3, 0.4) is 0 Å². The van der Waals surface area contributed by atoms with Crippen LogP contribution in [-0.2, 0) is 0 Å². The summed E-state index contributed by atoms with van der Waals surface area (Å²) < 4.78 is 13.8. The maximum atomic E-state index is 13.8. The van der Waals surface area contributed by atoms with E-state index in [1.807, 2.05) is 25.1 Å². The minimum atomic E-state index is -0.302.